The number of halogens is 1. The molecule has 1 aromatic carbocycles. The predicted molar refractivity (Wildman–Crippen MR) is 73.0 cm³/mol. The molecule has 18 heavy (non-hydrogen) atoms. The smallest absolute Gasteiger partial charge is 0.138 e. The molecule has 0 spiro atoms. The fourth-order valence-corrected chi connectivity index (χ4v) is 2.15. The Labute approximate surface area is 112 Å². The number of ether oxygens (including phenoxy) is 1. The fourth-order valence-electron chi connectivity index (χ4n) is 1.30. The first kappa shape index (κ1) is 15.0. The third-order valence-electron chi connectivity index (χ3n) is 2.19. The maximum Gasteiger partial charge on any atom is 0.138 e. The largest absolute Gasteiger partial charge is 0.395 e. The summed E-state index contributed by atoms with van der Waals surface area (Å²) in [6.07, 6.45) is 0.367. The SMILES string of the molecule is COCCSCc1ccc(F)c(C#CCCO)c1. The highest BCUT2D eigenvalue weighted by Gasteiger charge is 2.01. The second-order valence-electron chi connectivity index (χ2n) is 3.63. The number of thioether (sulfide) groups is 1. The van der Waals surface area contributed by atoms with Crippen molar-refractivity contribution in [2.45, 2.75) is 12.2 Å². The van der Waals surface area contributed by atoms with Crippen molar-refractivity contribution in [3.05, 3.63) is 35.1 Å². The molecule has 0 amide bonds. The fraction of sp³-hybridized carbons (Fsp3) is 0.429. The number of hydrogen-bond donors (Lipinski definition) is 1. The lowest BCUT2D eigenvalue weighted by Crippen LogP contribution is -1.93. The molecule has 2 nitrogen and oxygen atoms in total. The van der Waals surface area contributed by atoms with Gasteiger partial charge in [0.1, 0.15) is 5.82 Å². The number of aliphatic hydroxyl groups is 1. The average molecular weight is 268 g/mol. The number of hydrogen-bond acceptors (Lipinski definition) is 3. The molecule has 0 aliphatic heterocycles. The van der Waals surface area contributed by atoms with Crippen molar-refractivity contribution in [2.75, 3.05) is 26.1 Å². The maximum absolute atomic E-state index is 13.4. The van der Waals surface area contributed by atoms with Gasteiger partial charge >= 0.3 is 0 Å². The van der Waals surface area contributed by atoms with Gasteiger partial charge in [-0.15, -0.1) is 0 Å². The average Bonchev–Trinajstić information content (AvgIpc) is 2.38. The zero-order valence-electron chi connectivity index (χ0n) is 10.4. The van der Waals surface area contributed by atoms with Crippen molar-refractivity contribution in [1.82, 2.24) is 0 Å². The Balaban J connectivity index is 2.60. The molecule has 0 aliphatic rings. The van der Waals surface area contributed by atoms with Gasteiger partial charge in [-0.3, -0.25) is 0 Å². The van der Waals surface area contributed by atoms with Crippen molar-refractivity contribution in [3.63, 3.8) is 0 Å². The zero-order valence-corrected chi connectivity index (χ0v) is 11.2. The molecule has 0 aromatic heterocycles. The zero-order chi connectivity index (χ0) is 13.2. The Morgan fingerprint density at radius 2 is 2.28 bits per heavy atom. The van der Waals surface area contributed by atoms with E-state index in [1.165, 1.54) is 6.07 Å². The standard InChI is InChI=1S/C14H17FO2S/c1-17-8-9-18-11-12-5-6-14(15)13(10-12)4-2-3-7-16/h5-6,10,16H,3,7-9,11H2,1H3. The van der Waals surface area contributed by atoms with Crippen LogP contribution in [-0.2, 0) is 10.5 Å². The summed E-state index contributed by atoms with van der Waals surface area (Å²) in [5, 5.41) is 8.62. The van der Waals surface area contributed by atoms with Gasteiger partial charge in [0, 0.05) is 25.0 Å². The van der Waals surface area contributed by atoms with E-state index < -0.39 is 0 Å². The first-order chi connectivity index (χ1) is 8.77. The van der Waals surface area contributed by atoms with Gasteiger partial charge in [0.25, 0.3) is 0 Å². The molecule has 0 unspecified atom stereocenters. The third-order valence-corrected chi connectivity index (χ3v) is 3.18. The molecule has 1 rings (SSSR count). The minimum atomic E-state index is -0.314. The number of benzene rings is 1. The van der Waals surface area contributed by atoms with Crippen LogP contribution in [0.3, 0.4) is 0 Å². The Morgan fingerprint density at radius 3 is 3.00 bits per heavy atom. The summed E-state index contributed by atoms with van der Waals surface area (Å²) < 4.78 is 18.4. The van der Waals surface area contributed by atoms with E-state index in [1.807, 2.05) is 0 Å². The molecule has 0 fully saturated rings. The van der Waals surface area contributed by atoms with Gasteiger partial charge in [0.05, 0.1) is 18.8 Å². The molecule has 0 aliphatic carbocycles. The second-order valence-corrected chi connectivity index (χ2v) is 4.74. The van der Waals surface area contributed by atoms with Crippen LogP contribution in [0.25, 0.3) is 0 Å². The van der Waals surface area contributed by atoms with Gasteiger partial charge in [-0.2, -0.15) is 11.8 Å². The van der Waals surface area contributed by atoms with E-state index in [2.05, 4.69) is 11.8 Å². The van der Waals surface area contributed by atoms with E-state index in [9.17, 15) is 4.39 Å². The molecule has 0 saturated carbocycles. The lowest BCUT2D eigenvalue weighted by atomic mass is 10.1. The van der Waals surface area contributed by atoms with Crippen LogP contribution in [-0.4, -0.2) is 31.2 Å². The number of methoxy groups -OCH3 is 1. The lowest BCUT2D eigenvalue weighted by Gasteiger charge is -2.03. The van der Waals surface area contributed by atoms with E-state index in [0.717, 1.165) is 23.7 Å². The highest BCUT2D eigenvalue weighted by atomic mass is 32.2. The summed E-state index contributed by atoms with van der Waals surface area (Å²) in [7, 11) is 1.67. The van der Waals surface area contributed by atoms with Crippen LogP contribution in [0.2, 0.25) is 0 Å². The maximum atomic E-state index is 13.4. The Bertz CT molecular complexity index is 424. The highest BCUT2D eigenvalue weighted by Crippen LogP contribution is 2.15. The molecular formula is C14H17FO2S. The number of aliphatic hydroxyl groups excluding tert-OH is 1. The predicted octanol–water partition coefficient (Wildman–Crippen LogP) is 2.44. The van der Waals surface area contributed by atoms with Crippen LogP contribution >= 0.6 is 11.8 Å². The van der Waals surface area contributed by atoms with E-state index in [1.54, 1.807) is 31.0 Å². The Hall–Kier alpha value is -1.02. The molecule has 0 saturated heterocycles. The molecule has 0 heterocycles. The second kappa shape index (κ2) is 8.98. The van der Waals surface area contributed by atoms with Gasteiger partial charge in [-0.25, -0.2) is 4.39 Å². The molecule has 0 radical (unpaired) electrons. The van der Waals surface area contributed by atoms with Crippen LogP contribution in [0.15, 0.2) is 18.2 Å². The molecule has 98 valence electrons. The van der Waals surface area contributed by atoms with E-state index in [0.29, 0.717) is 12.0 Å². The summed E-state index contributed by atoms with van der Waals surface area (Å²) >= 11 is 1.74. The Morgan fingerprint density at radius 1 is 1.44 bits per heavy atom. The van der Waals surface area contributed by atoms with Gasteiger partial charge in [0.2, 0.25) is 0 Å². The molecule has 0 bridgehead atoms. The van der Waals surface area contributed by atoms with Crippen molar-refractivity contribution < 1.29 is 14.2 Å². The lowest BCUT2D eigenvalue weighted by molar-refractivity contribution is 0.218. The topological polar surface area (TPSA) is 29.5 Å². The molecular weight excluding hydrogens is 251 g/mol. The summed E-state index contributed by atoms with van der Waals surface area (Å²) in [4.78, 5) is 0. The van der Waals surface area contributed by atoms with E-state index in [4.69, 9.17) is 9.84 Å². The quantitative estimate of drug-likeness (QED) is 0.635. The number of rotatable bonds is 6. The molecule has 4 heteroatoms. The van der Waals surface area contributed by atoms with Crippen LogP contribution in [0.5, 0.6) is 0 Å². The summed E-state index contributed by atoms with van der Waals surface area (Å²) in [5.74, 6) is 6.89. The monoisotopic (exact) mass is 268 g/mol. The summed E-state index contributed by atoms with van der Waals surface area (Å²) in [6, 6.07) is 4.97. The Kier molecular flexibility index (Phi) is 7.51. The first-order valence-corrected chi connectivity index (χ1v) is 6.88. The summed E-state index contributed by atoms with van der Waals surface area (Å²) in [6.45, 7) is 0.718. The van der Waals surface area contributed by atoms with Gasteiger partial charge in [0.15, 0.2) is 0 Å². The van der Waals surface area contributed by atoms with Crippen molar-refractivity contribution in [1.29, 1.82) is 0 Å². The third kappa shape index (κ3) is 5.54. The minimum absolute atomic E-state index is 0.00117. The minimum Gasteiger partial charge on any atom is -0.395 e. The van der Waals surface area contributed by atoms with Gasteiger partial charge < -0.3 is 9.84 Å². The molecule has 1 aromatic rings. The van der Waals surface area contributed by atoms with Crippen molar-refractivity contribution >= 4 is 11.8 Å². The first-order valence-electron chi connectivity index (χ1n) is 5.72. The van der Waals surface area contributed by atoms with E-state index in [-0.39, 0.29) is 12.4 Å². The van der Waals surface area contributed by atoms with Crippen LogP contribution in [0, 0.1) is 17.7 Å². The van der Waals surface area contributed by atoms with E-state index >= 15 is 0 Å². The van der Waals surface area contributed by atoms with Crippen molar-refractivity contribution in [2.24, 2.45) is 0 Å². The normalized spacial score (nSPS) is 9.94. The van der Waals surface area contributed by atoms with Crippen LogP contribution in [0.4, 0.5) is 4.39 Å². The van der Waals surface area contributed by atoms with Gasteiger partial charge in [-0.05, 0) is 17.7 Å². The van der Waals surface area contributed by atoms with Crippen LogP contribution in [0.1, 0.15) is 17.5 Å². The van der Waals surface area contributed by atoms with Gasteiger partial charge in [-0.1, -0.05) is 17.9 Å². The molecule has 1 N–H and O–H groups in total. The van der Waals surface area contributed by atoms with Crippen LogP contribution < -0.4 is 0 Å². The highest BCUT2D eigenvalue weighted by molar-refractivity contribution is 7.98. The summed E-state index contributed by atoms with van der Waals surface area (Å²) in [5.41, 5.74) is 1.44. The molecule has 0 atom stereocenters. The van der Waals surface area contributed by atoms with Crippen molar-refractivity contribution in [3.8, 4) is 11.8 Å².